The molecule has 0 radical (unpaired) electrons. The number of hydrogen-bond acceptors (Lipinski definition) is 4. The molecule has 0 aromatic heterocycles. The average molecular weight is 367 g/mol. The van der Waals surface area contributed by atoms with E-state index in [1.54, 1.807) is 0 Å². The second-order valence-corrected chi connectivity index (χ2v) is 7.38. The molecule has 4 heteroatoms. The summed E-state index contributed by atoms with van der Waals surface area (Å²) in [5.74, 6) is 0.706. The van der Waals surface area contributed by atoms with Crippen molar-refractivity contribution in [3.05, 3.63) is 11.3 Å². The van der Waals surface area contributed by atoms with Crippen LogP contribution in [0.15, 0.2) is 11.3 Å². The van der Waals surface area contributed by atoms with Crippen LogP contribution in [0.4, 0.5) is 0 Å². The monoisotopic (exact) mass is 366 g/mol. The summed E-state index contributed by atoms with van der Waals surface area (Å²) in [6, 6.07) is 0. The van der Waals surface area contributed by atoms with Crippen LogP contribution in [-0.2, 0) is 19.1 Å². The average Bonchev–Trinajstić information content (AvgIpc) is 3.03. The van der Waals surface area contributed by atoms with E-state index < -0.39 is 0 Å². The van der Waals surface area contributed by atoms with Gasteiger partial charge in [0, 0.05) is 19.8 Å². The van der Waals surface area contributed by atoms with Crippen LogP contribution >= 0.6 is 0 Å². The molecule has 0 aliphatic heterocycles. The SMILES string of the molecule is CCCCCCOC(=O)CCCCCCCCC1=C(OC(C)=O)CCC1. The van der Waals surface area contributed by atoms with Crippen LogP contribution in [-0.4, -0.2) is 18.5 Å². The Hall–Kier alpha value is -1.32. The summed E-state index contributed by atoms with van der Waals surface area (Å²) in [6.07, 6.45) is 16.1. The molecule has 150 valence electrons. The molecule has 0 amide bonds. The van der Waals surface area contributed by atoms with Crippen LogP contribution in [0.3, 0.4) is 0 Å². The number of esters is 2. The lowest BCUT2D eigenvalue weighted by Gasteiger charge is -2.07. The van der Waals surface area contributed by atoms with E-state index in [0.717, 1.165) is 57.1 Å². The van der Waals surface area contributed by atoms with Gasteiger partial charge in [0.05, 0.1) is 6.61 Å². The largest absolute Gasteiger partial charge is 0.466 e. The smallest absolute Gasteiger partial charge is 0.307 e. The van der Waals surface area contributed by atoms with Crippen molar-refractivity contribution >= 4 is 11.9 Å². The molecular formula is C22H38O4. The molecule has 0 fully saturated rings. The summed E-state index contributed by atoms with van der Waals surface area (Å²) >= 11 is 0. The second-order valence-electron chi connectivity index (χ2n) is 7.38. The maximum atomic E-state index is 11.6. The van der Waals surface area contributed by atoms with Crippen LogP contribution in [0.5, 0.6) is 0 Å². The van der Waals surface area contributed by atoms with Gasteiger partial charge < -0.3 is 9.47 Å². The lowest BCUT2D eigenvalue weighted by molar-refractivity contribution is -0.144. The Morgan fingerprint density at radius 2 is 1.58 bits per heavy atom. The van der Waals surface area contributed by atoms with Crippen molar-refractivity contribution in [2.24, 2.45) is 0 Å². The Morgan fingerprint density at radius 1 is 0.885 bits per heavy atom. The first-order chi connectivity index (χ1) is 12.6. The minimum Gasteiger partial charge on any atom is -0.466 e. The fraction of sp³-hybridized carbons (Fsp3) is 0.818. The van der Waals surface area contributed by atoms with E-state index in [2.05, 4.69) is 6.92 Å². The van der Waals surface area contributed by atoms with E-state index in [4.69, 9.17) is 9.47 Å². The summed E-state index contributed by atoms with van der Waals surface area (Å²) in [7, 11) is 0. The standard InChI is InChI=1S/C22H38O4/c1-3-4-5-12-18-25-22(24)17-11-9-7-6-8-10-14-20-15-13-16-21(20)26-19(2)23/h3-18H2,1-2H3. The van der Waals surface area contributed by atoms with Gasteiger partial charge in [-0.15, -0.1) is 0 Å². The number of ether oxygens (including phenoxy) is 2. The van der Waals surface area contributed by atoms with Crippen LogP contribution in [0, 0.1) is 0 Å². The summed E-state index contributed by atoms with van der Waals surface area (Å²) in [5.41, 5.74) is 1.35. The van der Waals surface area contributed by atoms with Crippen molar-refractivity contribution < 1.29 is 19.1 Å². The lowest BCUT2D eigenvalue weighted by Crippen LogP contribution is -2.05. The normalized spacial score (nSPS) is 13.9. The first-order valence-electron chi connectivity index (χ1n) is 10.7. The summed E-state index contributed by atoms with van der Waals surface area (Å²) < 4.78 is 10.5. The van der Waals surface area contributed by atoms with Gasteiger partial charge in [-0.25, -0.2) is 0 Å². The summed E-state index contributed by atoms with van der Waals surface area (Å²) in [4.78, 5) is 22.7. The van der Waals surface area contributed by atoms with E-state index in [1.165, 1.54) is 51.0 Å². The Kier molecular flexibility index (Phi) is 12.9. The topological polar surface area (TPSA) is 52.6 Å². The molecule has 0 saturated heterocycles. The molecule has 0 bridgehead atoms. The van der Waals surface area contributed by atoms with E-state index in [-0.39, 0.29) is 11.9 Å². The van der Waals surface area contributed by atoms with Crippen molar-refractivity contribution in [2.45, 2.75) is 110 Å². The van der Waals surface area contributed by atoms with E-state index in [0.29, 0.717) is 13.0 Å². The minimum atomic E-state index is -0.195. The van der Waals surface area contributed by atoms with Gasteiger partial charge in [0.2, 0.25) is 0 Å². The van der Waals surface area contributed by atoms with Crippen molar-refractivity contribution in [1.82, 2.24) is 0 Å². The second kappa shape index (κ2) is 14.8. The fourth-order valence-corrected chi connectivity index (χ4v) is 3.44. The number of allylic oxidation sites excluding steroid dienone is 2. The molecule has 0 heterocycles. The van der Waals surface area contributed by atoms with E-state index >= 15 is 0 Å². The summed E-state index contributed by atoms with van der Waals surface area (Å²) in [5, 5.41) is 0. The molecule has 0 unspecified atom stereocenters. The molecule has 0 saturated carbocycles. The van der Waals surface area contributed by atoms with Gasteiger partial charge in [0.15, 0.2) is 0 Å². The molecule has 0 spiro atoms. The molecule has 0 aromatic carbocycles. The molecule has 1 aliphatic carbocycles. The third kappa shape index (κ3) is 11.3. The quantitative estimate of drug-likeness (QED) is 0.254. The fourth-order valence-electron chi connectivity index (χ4n) is 3.44. The maximum absolute atomic E-state index is 11.6. The first-order valence-corrected chi connectivity index (χ1v) is 10.7. The van der Waals surface area contributed by atoms with Gasteiger partial charge >= 0.3 is 11.9 Å². The van der Waals surface area contributed by atoms with Crippen LogP contribution in [0.25, 0.3) is 0 Å². The Morgan fingerprint density at radius 3 is 2.31 bits per heavy atom. The molecule has 26 heavy (non-hydrogen) atoms. The third-order valence-electron chi connectivity index (χ3n) is 4.91. The number of unbranched alkanes of at least 4 members (excludes halogenated alkanes) is 8. The van der Waals surface area contributed by atoms with Crippen LogP contribution in [0.2, 0.25) is 0 Å². The van der Waals surface area contributed by atoms with Gasteiger partial charge in [-0.05, 0) is 44.1 Å². The number of hydrogen-bond donors (Lipinski definition) is 0. The van der Waals surface area contributed by atoms with E-state index in [1.807, 2.05) is 0 Å². The highest BCUT2D eigenvalue weighted by atomic mass is 16.5. The first kappa shape index (κ1) is 22.7. The van der Waals surface area contributed by atoms with Crippen LogP contribution < -0.4 is 0 Å². The van der Waals surface area contributed by atoms with Gasteiger partial charge in [-0.3, -0.25) is 9.59 Å². The predicted molar refractivity (Wildman–Crippen MR) is 105 cm³/mol. The zero-order valence-corrected chi connectivity index (χ0v) is 16.9. The van der Waals surface area contributed by atoms with Gasteiger partial charge in [-0.1, -0.05) is 51.9 Å². The van der Waals surface area contributed by atoms with Gasteiger partial charge in [0.25, 0.3) is 0 Å². The molecule has 4 nitrogen and oxygen atoms in total. The predicted octanol–water partition coefficient (Wildman–Crippen LogP) is 6.23. The molecule has 0 atom stereocenters. The molecule has 1 aliphatic rings. The number of carbonyl (C=O) groups excluding carboxylic acids is 2. The Balaban J connectivity index is 1.93. The lowest BCUT2D eigenvalue weighted by atomic mass is 10.0. The highest BCUT2D eigenvalue weighted by Crippen LogP contribution is 2.30. The van der Waals surface area contributed by atoms with Crippen molar-refractivity contribution in [2.75, 3.05) is 6.61 Å². The minimum absolute atomic E-state index is 0.0346. The van der Waals surface area contributed by atoms with Crippen LogP contribution in [0.1, 0.15) is 110 Å². The third-order valence-corrected chi connectivity index (χ3v) is 4.91. The Labute approximate surface area is 159 Å². The number of rotatable bonds is 15. The van der Waals surface area contributed by atoms with Crippen molar-refractivity contribution in [3.8, 4) is 0 Å². The number of carbonyl (C=O) groups is 2. The molecule has 1 rings (SSSR count). The highest BCUT2D eigenvalue weighted by molar-refractivity contribution is 5.69. The molecular weight excluding hydrogens is 328 g/mol. The van der Waals surface area contributed by atoms with Crippen molar-refractivity contribution in [3.63, 3.8) is 0 Å². The molecule has 0 aromatic rings. The molecule has 0 N–H and O–H groups in total. The van der Waals surface area contributed by atoms with Gasteiger partial charge in [-0.2, -0.15) is 0 Å². The van der Waals surface area contributed by atoms with Gasteiger partial charge in [0.1, 0.15) is 5.76 Å². The maximum Gasteiger partial charge on any atom is 0.307 e. The highest BCUT2D eigenvalue weighted by Gasteiger charge is 2.16. The Bertz CT molecular complexity index is 439. The zero-order chi connectivity index (χ0) is 19.0. The zero-order valence-electron chi connectivity index (χ0n) is 16.9. The van der Waals surface area contributed by atoms with E-state index in [9.17, 15) is 9.59 Å². The van der Waals surface area contributed by atoms with Crippen molar-refractivity contribution in [1.29, 1.82) is 0 Å². The summed E-state index contributed by atoms with van der Waals surface area (Å²) in [6.45, 7) is 4.24.